The molecule has 1 aliphatic carbocycles. The number of aliphatic carboxylic acids is 1. The second-order valence-electron chi connectivity index (χ2n) is 6.94. The van der Waals surface area contributed by atoms with E-state index in [9.17, 15) is 4.79 Å². The minimum absolute atomic E-state index is 0.0805. The summed E-state index contributed by atoms with van der Waals surface area (Å²) in [7, 11) is 0. The summed E-state index contributed by atoms with van der Waals surface area (Å²) in [5.41, 5.74) is 4.92. The lowest BCUT2D eigenvalue weighted by molar-refractivity contribution is -0.131. The van der Waals surface area contributed by atoms with Crippen LogP contribution in [0.15, 0.2) is 24.3 Å². The molecule has 0 bridgehead atoms. The van der Waals surface area contributed by atoms with Crippen molar-refractivity contribution in [1.82, 2.24) is 0 Å². The number of hydrogen-bond donors (Lipinski definition) is 1. The minimum Gasteiger partial charge on any atom is -0.478 e. The average molecular weight is 272 g/mol. The molecule has 0 fully saturated rings. The summed E-state index contributed by atoms with van der Waals surface area (Å²) in [6.45, 7) is 6.42. The van der Waals surface area contributed by atoms with Gasteiger partial charge in [0.05, 0.1) is 0 Å². The van der Waals surface area contributed by atoms with Gasteiger partial charge in [-0.15, -0.1) is 0 Å². The van der Waals surface area contributed by atoms with Crippen molar-refractivity contribution in [3.63, 3.8) is 0 Å². The lowest BCUT2D eigenvalue weighted by Gasteiger charge is -2.22. The molecule has 108 valence electrons. The molecule has 2 rings (SSSR count). The molecule has 0 aliphatic heterocycles. The number of rotatable bonds is 3. The number of benzene rings is 1. The van der Waals surface area contributed by atoms with Gasteiger partial charge in [-0.2, -0.15) is 0 Å². The number of carbonyl (C=O) groups is 1. The number of allylic oxidation sites excluding steroid dienone is 1. The molecule has 1 N–H and O–H groups in total. The SMILES string of the molecule is CC(C)(C)C/C(=C/C(=O)O)c1ccc2c(c1)CCCC2. The summed E-state index contributed by atoms with van der Waals surface area (Å²) in [4.78, 5) is 11.1. The van der Waals surface area contributed by atoms with Gasteiger partial charge in [-0.05, 0) is 59.8 Å². The minimum atomic E-state index is -0.859. The number of carboxylic acid groups (broad SMARTS) is 1. The Hall–Kier alpha value is -1.57. The largest absolute Gasteiger partial charge is 0.478 e. The molecule has 0 saturated heterocycles. The van der Waals surface area contributed by atoms with E-state index in [1.54, 1.807) is 0 Å². The molecular weight excluding hydrogens is 248 g/mol. The van der Waals surface area contributed by atoms with Crippen LogP contribution in [0.1, 0.15) is 56.7 Å². The highest BCUT2D eigenvalue weighted by Gasteiger charge is 2.17. The van der Waals surface area contributed by atoms with Gasteiger partial charge >= 0.3 is 5.97 Å². The van der Waals surface area contributed by atoms with E-state index in [-0.39, 0.29) is 5.41 Å². The van der Waals surface area contributed by atoms with Crippen LogP contribution in [0.25, 0.3) is 5.57 Å². The van der Waals surface area contributed by atoms with Crippen molar-refractivity contribution in [1.29, 1.82) is 0 Å². The molecule has 0 aromatic heterocycles. The van der Waals surface area contributed by atoms with Crippen molar-refractivity contribution in [3.8, 4) is 0 Å². The summed E-state index contributed by atoms with van der Waals surface area (Å²) in [6, 6.07) is 6.47. The zero-order valence-electron chi connectivity index (χ0n) is 12.7. The van der Waals surface area contributed by atoms with E-state index < -0.39 is 5.97 Å². The van der Waals surface area contributed by atoms with E-state index in [0.29, 0.717) is 0 Å². The van der Waals surface area contributed by atoms with Crippen LogP contribution in [0.5, 0.6) is 0 Å². The van der Waals surface area contributed by atoms with E-state index >= 15 is 0 Å². The smallest absolute Gasteiger partial charge is 0.328 e. The maximum Gasteiger partial charge on any atom is 0.328 e. The molecule has 0 radical (unpaired) electrons. The molecule has 20 heavy (non-hydrogen) atoms. The predicted octanol–water partition coefficient (Wildman–Crippen LogP) is 4.47. The van der Waals surface area contributed by atoms with Crippen LogP contribution in [-0.4, -0.2) is 11.1 Å². The van der Waals surface area contributed by atoms with Gasteiger partial charge in [0, 0.05) is 6.08 Å². The first kappa shape index (κ1) is 14.8. The molecule has 2 heteroatoms. The Morgan fingerprint density at radius 1 is 1.20 bits per heavy atom. The molecule has 0 heterocycles. The first-order valence-electron chi connectivity index (χ1n) is 7.41. The lowest BCUT2D eigenvalue weighted by atomic mass is 9.83. The van der Waals surface area contributed by atoms with Crippen molar-refractivity contribution in [2.24, 2.45) is 5.41 Å². The van der Waals surface area contributed by atoms with Gasteiger partial charge in [-0.1, -0.05) is 39.0 Å². The number of carboxylic acids is 1. The quantitative estimate of drug-likeness (QED) is 0.824. The number of hydrogen-bond acceptors (Lipinski definition) is 1. The fourth-order valence-electron chi connectivity index (χ4n) is 2.89. The van der Waals surface area contributed by atoms with Gasteiger partial charge in [-0.3, -0.25) is 0 Å². The molecule has 0 atom stereocenters. The van der Waals surface area contributed by atoms with Gasteiger partial charge in [0.1, 0.15) is 0 Å². The summed E-state index contributed by atoms with van der Waals surface area (Å²) in [5.74, 6) is -0.859. The van der Waals surface area contributed by atoms with Crippen molar-refractivity contribution in [2.45, 2.75) is 52.9 Å². The molecule has 0 spiro atoms. The predicted molar refractivity (Wildman–Crippen MR) is 82.8 cm³/mol. The Morgan fingerprint density at radius 3 is 2.45 bits per heavy atom. The first-order valence-corrected chi connectivity index (χ1v) is 7.41. The molecule has 0 unspecified atom stereocenters. The zero-order chi connectivity index (χ0) is 14.8. The normalized spacial score (nSPS) is 15.8. The lowest BCUT2D eigenvalue weighted by Crippen LogP contribution is -2.08. The third kappa shape index (κ3) is 3.96. The van der Waals surface area contributed by atoms with Crippen molar-refractivity contribution < 1.29 is 9.90 Å². The maximum atomic E-state index is 11.1. The topological polar surface area (TPSA) is 37.3 Å². The fraction of sp³-hybridized carbons (Fsp3) is 0.500. The van der Waals surface area contributed by atoms with Crippen molar-refractivity contribution in [3.05, 3.63) is 41.0 Å². The Balaban J connectivity index is 2.36. The number of fused-ring (bicyclic) bond motifs is 1. The summed E-state index contributed by atoms with van der Waals surface area (Å²) >= 11 is 0. The van der Waals surface area contributed by atoms with E-state index in [1.165, 1.54) is 30.0 Å². The molecule has 2 nitrogen and oxygen atoms in total. The molecule has 1 aromatic rings. The summed E-state index contributed by atoms with van der Waals surface area (Å²) in [5, 5.41) is 9.10. The van der Waals surface area contributed by atoms with Crippen LogP contribution in [0.3, 0.4) is 0 Å². The van der Waals surface area contributed by atoms with Gasteiger partial charge in [0.25, 0.3) is 0 Å². The van der Waals surface area contributed by atoms with Crippen molar-refractivity contribution in [2.75, 3.05) is 0 Å². The van der Waals surface area contributed by atoms with E-state index in [4.69, 9.17) is 5.11 Å². The van der Waals surface area contributed by atoms with Crippen LogP contribution in [0.2, 0.25) is 0 Å². The third-order valence-corrected chi connectivity index (χ3v) is 3.74. The maximum absolute atomic E-state index is 11.1. The molecule has 0 saturated carbocycles. The Bertz CT molecular complexity index is 533. The van der Waals surface area contributed by atoms with Crippen molar-refractivity contribution >= 4 is 11.5 Å². The van der Waals surface area contributed by atoms with Crippen LogP contribution >= 0.6 is 0 Å². The van der Waals surface area contributed by atoms with Crippen LogP contribution in [0, 0.1) is 5.41 Å². The van der Waals surface area contributed by atoms with Crippen LogP contribution in [-0.2, 0) is 17.6 Å². The highest BCUT2D eigenvalue weighted by atomic mass is 16.4. The van der Waals surface area contributed by atoms with E-state index in [2.05, 4.69) is 39.0 Å². The zero-order valence-corrected chi connectivity index (χ0v) is 12.7. The standard InChI is InChI=1S/C18H24O2/c1-18(2,3)12-16(11-17(19)20)15-9-8-13-6-4-5-7-14(13)10-15/h8-11H,4-7,12H2,1-3H3,(H,19,20)/b16-11-. The van der Waals surface area contributed by atoms with E-state index in [0.717, 1.165) is 30.4 Å². The Kier molecular flexibility index (Phi) is 4.32. The molecule has 1 aromatic carbocycles. The van der Waals surface area contributed by atoms with Gasteiger partial charge in [0.15, 0.2) is 0 Å². The van der Waals surface area contributed by atoms with Gasteiger partial charge in [0.2, 0.25) is 0 Å². The van der Waals surface area contributed by atoms with Crippen LogP contribution in [0.4, 0.5) is 0 Å². The van der Waals surface area contributed by atoms with Crippen LogP contribution < -0.4 is 0 Å². The second-order valence-corrected chi connectivity index (χ2v) is 6.94. The van der Waals surface area contributed by atoms with Gasteiger partial charge in [-0.25, -0.2) is 4.79 Å². The summed E-state index contributed by atoms with van der Waals surface area (Å²) < 4.78 is 0. The summed E-state index contributed by atoms with van der Waals surface area (Å²) in [6.07, 6.45) is 6.94. The van der Waals surface area contributed by atoms with Gasteiger partial charge < -0.3 is 5.11 Å². The monoisotopic (exact) mass is 272 g/mol. The third-order valence-electron chi connectivity index (χ3n) is 3.74. The molecule has 0 amide bonds. The Labute approximate surface area is 121 Å². The number of aryl methyl sites for hydroxylation is 2. The van der Waals surface area contributed by atoms with E-state index in [1.807, 2.05) is 0 Å². The Morgan fingerprint density at radius 2 is 1.85 bits per heavy atom. The fourth-order valence-corrected chi connectivity index (χ4v) is 2.89. The first-order chi connectivity index (χ1) is 9.35. The second kappa shape index (κ2) is 5.82. The highest BCUT2D eigenvalue weighted by Crippen LogP contribution is 2.32. The average Bonchev–Trinajstić information content (AvgIpc) is 2.35. The molecular formula is C18H24O2. The highest BCUT2D eigenvalue weighted by molar-refractivity contribution is 5.90. The molecule has 1 aliphatic rings.